The van der Waals surface area contributed by atoms with Gasteiger partial charge in [-0.15, -0.1) is 6.58 Å². The van der Waals surface area contributed by atoms with Crippen LogP contribution in [0.4, 0.5) is 0 Å². The van der Waals surface area contributed by atoms with Gasteiger partial charge in [0.25, 0.3) is 5.91 Å². The zero-order valence-corrected chi connectivity index (χ0v) is 16.3. The Balaban J connectivity index is 1.68. The Hall–Kier alpha value is -2.84. The first-order valence-corrected chi connectivity index (χ1v) is 10.3. The molecule has 0 spiro atoms. The van der Waals surface area contributed by atoms with E-state index in [1.807, 2.05) is 25.1 Å². The quantitative estimate of drug-likeness (QED) is 0.694. The smallest absolute Gasteiger partial charge is 0.251 e. The molecule has 0 aromatic heterocycles. The number of sulfonamides is 1. The molecule has 1 aliphatic rings. The topological polar surface area (TPSA) is 93.7 Å². The normalized spacial score (nSPS) is 14.2. The first kappa shape index (κ1) is 19.9. The van der Waals surface area contributed by atoms with Crippen molar-refractivity contribution >= 4 is 15.9 Å². The maximum absolute atomic E-state index is 12.5. The van der Waals surface area contributed by atoms with Gasteiger partial charge in [0.1, 0.15) is 13.2 Å². The predicted molar refractivity (Wildman–Crippen MR) is 105 cm³/mol. The highest BCUT2D eigenvalue weighted by molar-refractivity contribution is 7.89. The van der Waals surface area contributed by atoms with Crippen molar-refractivity contribution in [2.45, 2.75) is 17.9 Å². The van der Waals surface area contributed by atoms with Gasteiger partial charge in [0.05, 0.1) is 10.9 Å². The number of ether oxygens (including phenoxy) is 2. The molecule has 0 fully saturated rings. The molecule has 1 aliphatic heterocycles. The molecule has 0 saturated carbocycles. The SMILES string of the molecule is C=CCNS(=O)(=O)c1ccc(C(=O)NC(C)c2ccc3c(c2)OCCO3)cc1. The molecule has 2 aromatic carbocycles. The molecule has 2 aromatic rings. The third-order valence-corrected chi connectivity index (χ3v) is 5.70. The van der Waals surface area contributed by atoms with Crippen LogP contribution >= 0.6 is 0 Å². The molecular weight excluding hydrogens is 380 g/mol. The van der Waals surface area contributed by atoms with E-state index >= 15 is 0 Å². The summed E-state index contributed by atoms with van der Waals surface area (Å²) >= 11 is 0. The van der Waals surface area contributed by atoms with Crippen LogP contribution in [0.1, 0.15) is 28.9 Å². The molecular formula is C20H22N2O5S. The van der Waals surface area contributed by atoms with Crippen LogP contribution in [0.25, 0.3) is 0 Å². The van der Waals surface area contributed by atoms with E-state index in [1.54, 1.807) is 0 Å². The highest BCUT2D eigenvalue weighted by Gasteiger charge is 2.18. The van der Waals surface area contributed by atoms with Crippen molar-refractivity contribution < 1.29 is 22.7 Å². The van der Waals surface area contributed by atoms with Gasteiger partial charge in [-0.1, -0.05) is 12.1 Å². The molecule has 28 heavy (non-hydrogen) atoms. The number of benzene rings is 2. The minimum Gasteiger partial charge on any atom is -0.486 e. The van der Waals surface area contributed by atoms with E-state index in [0.29, 0.717) is 30.3 Å². The lowest BCUT2D eigenvalue weighted by atomic mass is 10.1. The molecule has 8 heteroatoms. The van der Waals surface area contributed by atoms with Crippen LogP contribution in [-0.2, 0) is 10.0 Å². The summed E-state index contributed by atoms with van der Waals surface area (Å²) < 4.78 is 37.6. The largest absolute Gasteiger partial charge is 0.486 e. The lowest BCUT2D eigenvalue weighted by molar-refractivity contribution is 0.0939. The number of carbonyl (C=O) groups is 1. The average Bonchev–Trinajstić information content (AvgIpc) is 2.72. The highest BCUT2D eigenvalue weighted by atomic mass is 32.2. The van der Waals surface area contributed by atoms with E-state index in [9.17, 15) is 13.2 Å². The van der Waals surface area contributed by atoms with Gasteiger partial charge in [0.15, 0.2) is 11.5 Å². The van der Waals surface area contributed by atoms with Crippen molar-refractivity contribution in [3.05, 3.63) is 66.2 Å². The van der Waals surface area contributed by atoms with E-state index in [1.165, 1.54) is 30.3 Å². The van der Waals surface area contributed by atoms with E-state index < -0.39 is 10.0 Å². The predicted octanol–water partition coefficient (Wildman–Crippen LogP) is 2.41. The Morgan fingerprint density at radius 1 is 1.14 bits per heavy atom. The standard InChI is InChI=1S/C20H22N2O5S/c1-3-10-21-28(24,25)17-7-4-15(5-8-17)20(23)22-14(2)16-6-9-18-19(13-16)27-12-11-26-18/h3-9,13-14,21H,1,10-12H2,2H3,(H,22,23). The van der Waals surface area contributed by atoms with Gasteiger partial charge in [0.2, 0.25) is 10.0 Å². The molecule has 0 aliphatic carbocycles. The lowest BCUT2D eigenvalue weighted by Gasteiger charge is -2.21. The van der Waals surface area contributed by atoms with Crippen LogP contribution < -0.4 is 19.5 Å². The molecule has 148 valence electrons. The van der Waals surface area contributed by atoms with Crippen molar-refractivity contribution in [2.24, 2.45) is 0 Å². The Kier molecular flexibility index (Phi) is 6.01. The minimum atomic E-state index is -3.62. The van der Waals surface area contributed by atoms with Gasteiger partial charge in [-0.05, 0) is 48.9 Å². The fraction of sp³-hybridized carbons (Fsp3) is 0.250. The molecule has 1 amide bonds. The third kappa shape index (κ3) is 4.52. The van der Waals surface area contributed by atoms with Crippen LogP contribution in [0.3, 0.4) is 0 Å². The first-order chi connectivity index (χ1) is 13.4. The maximum atomic E-state index is 12.5. The lowest BCUT2D eigenvalue weighted by Crippen LogP contribution is -2.27. The van der Waals surface area contributed by atoms with Crippen LogP contribution in [0.15, 0.2) is 60.0 Å². The summed E-state index contributed by atoms with van der Waals surface area (Å²) in [5, 5.41) is 2.90. The maximum Gasteiger partial charge on any atom is 0.251 e. The van der Waals surface area contributed by atoms with Crippen molar-refractivity contribution in [3.8, 4) is 11.5 Å². The second-order valence-electron chi connectivity index (χ2n) is 6.26. The number of carbonyl (C=O) groups excluding carboxylic acids is 1. The van der Waals surface area contributed by atoms with Gasteiger partial charge in [-0.2, -0.15) is 0 Å². The molecule has 1 unspecified atom stereocenters. The van der Waals surface area contributed by atoms with Crippen LogP contribution in [0.5, 0.6) is 11.5 Å². The van der Waals surface area contributed by atoms with Crippen LogP contribution in [0.2, 0.25) is 0 Å². The van der Waals surface area contributed by atoms with E-state index in [0.717, 1.165) is 5.56 Å². The zero-order chi connectivity index (χ0) is 20.1. The highest BCUT2D eigenvalue weighted by Crippen LogP contribution is 2.32. The van der Waals surface area contributed by atoms with E-state index in [-0.39, 0.29) is 23.4 Å². The average molecular weight is 402 g/mol. The summed E-state index contributed by atoms with van der Waals surface area (Å²) in [7, 11) is -3.62. The van der Waals surface area contributed by atoms with Gasteiger partial charge >= 0.3 is 0 Å². The summed E-state index contributed by atoms with van der Waals surface area (Å²) in [6, 6.07) is 11.0. The van der Waals surface area contributed by atoms with Crippen molar-refractivity contribution in [2.75, 3.05) is 19.8 Å². The Bertz CT molecular complexity index is 971. The van der Waals surface area contributed by atoms with Crippen LogP contribution in [0, 0.1) is 0 Å². The molecule has 1 heterocycles. The van der Waals surface area contributed by atoms with Gasteiger partial charge in [-0.3, -0.25) is 4.79 Å². The number of amides is 1. The van der Waals surface area contributed by atoms with Crippen molar-refractivity contribution in [1.82, 2.24) is 10.0 Å². The van der Waals surface area contributed by atoms with Crippen molar-refractivity contribution in [3.63, 3.8) is 0 Å². The number of rotatable bonds is 7. The molecule has 3 rings (SSSR count). The molecule has 0 bridgehead atoms. The van der Waals surface area contributed by atoms with E-state index in [2.05, 4.69) is 16.6 Å². The number of hydrogen-bond donors (Lipinski definition) is 2. The molecule has 7 nitrogen and oxygen atoms in total. The number of nitrogens with one attached hydrogen (secondary N) is 2. The summed E-state index contributed by atoms with van der Waals surface area (Å²) in [5.41, 5.74) is 1.25. The van der Waals surface area contributed by atoms with E-state index in [4.69, 9.17) is 9.47 Å². The Labute approximate surface area is 164 Å². The molecule has 2 N–H and O–H groups in total. The minimum absolute atomic E-state index is 0.0887. The monoisotopic (exact) mass is 402 g/mol. The Morgan fingerprint density at radius 2 is 1.82 bits per heavy atom. The fourth-order valence-corrected chi connectivity index (χ4v) is 3.73. The van der Waals surface area contributed by atoms with Gasteiger partial charge in [-0.25, -0.2) is 13.1 Å². The van der Waals surface area contributed by atoms with Gasteiger partial charge < -0.3 is 14.8 Å². The summed E-state index contributed by atoms with van der Waals surface area (Å²) in [4.78, 5) is 12.6. The second kappa shape index (κ2) is 8.45. The first-order valence-electron chi connectivity index (χ1n) is 8.82. The summed E-state index contributed by atoms with van der Waals surface area (Å²) in [6.07, 6.45) is 1.46. The fourth-order valence-electron chi connectivity index (χ4n) is 2.73. The summed E-state index contributed by atoms with van der Waals surface area (Å²) in [6.45, 7) is 6.49. The van der Waals surface area contributed by atoms with Gasteiger partial charge in [0, 0.05) is 12.1 Å². The second-order valence-corrected chi connectivity index (χ2v) is 8.03. The number of fused-ring (bicyclic) bond motifs is 1. The third-order valence-electron chi connectivity index (χ3n) is 4.26. The molecule has 1 atom stereocenters. The van der Waals surface area contributed by atoms with Crippen LogP contribution in [-0.4, -0.2) is 34.1 Å². The molecule has 0 radical (unpaired) electrons. The van der Waals surface area contributed by atoms with Crippen molar-refractivity contribution in [1.29, 1.82) is 0 Å². The Morgan fingerprint density at radius 3 is 2.50 bits per heavy atom. The zero-order valence-electron chi connectivity index (χ0n) is 15.5. The summed E-state index contributed by atoms with van der Waals surface area (Å²) in [5.74, 6) is 1.05. The molecule has 0 saturated heterocycles. The number of hydrogen-bond acceptors (Lipinski definition) is 5.